The zero-order valence-electron chi connectivity index (χ0n) is 12.4. The van der Waals surface area contributed by atoms with E-state index in [1.807, 2.05) is 48.7 Å². The maximum atomic E-state index is 5.85. The summed E-state index contributed by atoms with van der Waals surface area (Å²) in [6.45, 7) is 1.95. The highest BCUT2D eigenvalue weighted by Gasteiger charge is 1.98. The molecule has 0 fully saturated rings. The molecule has 4 nitrogen and oxygen atoms in total. The Labute approximate surface area is 143 Å². The fourth-order valence-corrected chi connectivity index (χ4v) is 2.59. The molecule has 0 aliphatic heterocycles. The van der Waals surface area contributed by atoms with E-state index in [9.17, 15) is 0 Å². The topological polar surface area (TPSA) is 46.5 Å². The number of nitrogens with zero attached hydrogens (tertiary/aromatic N) is 2. The van der Waals surface area contributed by atoms with Crippen molar-refractivity contribution in [2.75, 3.05) is 5.43 Å². The lowest BCUT2D eigenvalue weighted by atomic mass is 10.2. The molecule has 1 N–H and O–H groups in total. The number of hydrogen-bond donors (Lipinski definition) is 1. The molecule has 1 heterocycles. The van der Waals surface area contributed by atoms with Crippen LogP contribution in [-0.4, -0.2) is 11.2 Å². The largest absolute Gasteiger partial charge is 0.457 e. The molecule has 3 rings (SSSR count). The number of halogens is 1. The highest BCUT2D eigenvalue weighted by Crippen LogP contribution is 2.23. The minimum atomic E-state index is 0.687. The van der Waals surface area contributed by atoms with Crippen LogP contribution in [0.2, 0.25) is 5.02 Å². The fourth-order valence-electron chi connectivity index (χ4n) is 1.83. The Hall–Kier alpha value is -2.37. The Bertz CT molecular complexity index is 797. The normalized spacial score (nSPS) is 10.9. The van der Waals surface area contributed by atoms with E-state index < -0.39 is 0 Å². The first-order valence-electron chi connectivity index (χ1n) is 6.94. The van der Waals surface area contributed by atoms with E-state index in [0.717, 1.165) is 27.9 Å². The SMILES string of the molecule is Cc1csc(NN=Cc2ccc(Oc3ccc(Cl)cc3)cc2)n1. The highest BCUT2D eigenvalue weighted by atomic mass is 35.5. The molecular weight excluding hydrogens is 330 g/mol. The van der Waals surface area contributed by atoms with Gasteiger partial charge in [0.2, 0.25) is 5.13 Å². The van der Waals surface area contributed by atoms with E-state index in [-0.39, 0.29) is 0 Å². The first-order chi connectivity index (χ1) is 11.2. The molecule has 0 radical (unpaired) electrons. The number of ether oxygens (including phenoxy) is 1. The maximum Gasteiger partial charge on any atom is 0.203 e. The zero-order chi connectivity index (χ0) is 16.1. The van der Waals surface area contributed by atoms with E-state index in [4.69, 9.17) is 16.3 Å². The summed E-state index contributed by atoms with van der Waals surface area (Å²) in [4.78, 5) is 4.27. The molecule has 0 amide bonds. The third-order valence-corrected chi connectivity index (χ3v) is 4.04. The number of thiazole rings is 1. The maximum absolute atomic E-state index is 5.85. The summed E-state index contributed by atoms with van der Waals surface area (Å²) in [5.74, 6) is 1.50. The number of nitrogens with one attached hydrogen (secondary N) is 1. The summed E-state index contributed by atoms with van der Waals surface area (Å²) in [6, 6.07) is 14.9. The Kier molecular flexibility index (Phi) is 4.90. The van der Waals surface area contributed by atoms with Gasteiger partial charge in [0.25, 0.3) is 0 Å². The van der Waals surface area contributed by atoms with Crippen molar-refractivity contribution >= 4 is 34.3 Å². The van der Waals surface area contributed by atoms with Crippen LogP contribution in [0.1, 0.15) is 11.3 Å². The molecule has 0 aliphatic rings. The van der Waals surface area contributed by atoms with Crippen molar-refractivity contribution < 1.29 is 4.74 Å². The monoisotopic (exact) mass is 343 g/mol. The minimum Gasteiger partial charge on any atom is -0.457 e. The number of benzene rings is 2. The number of rotatable bonds is 5. The molecule has 0 saturated carbocycles. The summed E-state index contributed by atoms with van der Waals surface area (Å²) in [5.41, 5.74) is 4.86. The van der Waals surface area contributed by atoms with E-state index in [2.05, 4.69) is 15.5 Å². The lowest BCUT2D eigenvalue weighted by molar-refractivity contribution is 0.482. The molecule has 1 aromatic heterocycles. The Morgan fingerprint density at radius 2 is 1.74 bits per heavy atom. The van der Waals surface area contributed by atoms with Crippen LogP contribution in [0.3, 0.4) is 0 Å². The van der Waals surface area contributed by atoms with Gasteiger partial charge in [-0.1, -0.05) is 11.6 Å². The van der Waals surface area contributed by atoms with Gasteiger partial charge in [-0.15, -0.1) is 11.3 Å². The summed E-state index contributed by atoms with van der Waals surface area (Å²) in [5, 5.41) is 7.60. The molecule has 0 saturated heterocycles. The van der Waals surface area contributed by atoms with Gasteiger partial charge in [0.1, 0.15) is 11.5 Å². The van der Waals surface area contributed by atoms with Crippen LogP contribution in [0.25, 0.3) is 0 Å². The van der Waals surface area contributed by atoms with Gasteiger partial charge in [-0.3, -0.25) is 5.43 Å². The van der Waals surface area contributed by atoms with Crippen LogP contribution in [0.5, 0.6) is 11.5 Å². The van der Waals surface area contributed by atoms with Crippen molar-refractivity contribution in [1.82, 2.24) is 4.98 Å². The molecule has 6 heteroatoms. The van der Waals surface area contributed by atoms with Crippen molar-refractivity contribution in [2.45, 2.75) is 6.92 Å². The number of hydrazone groups is 1. The molecule has 0 aliphatic carbocycles. The van der Waals surface area contributed by atoms with Gasteiger partial charge in [0.15, 0.2) is 0 Å². The second kappa shape index (κ2) is 7.26. The third kappa shape index (κ3) is 4.55. The Morgan fingerprint density at radius 1 is 1.09 bits per heavy atom. The average molecular weight is 344 g/mol. The van der Waals surface area contributed by atoms with E-state index in [1.165, 1.54) is 11.3 Å². The molecule has 0 spiro atoms. The van der Waals surface area contributed by atoms with Crippen molar-refractivity contribution in [2.24, 2.45) is 5.10 Å². The minimum absolute atomic E-state index is 0.687. The van der Waals surface area contributed by atoms with E-state index in [1.54, 1.807) is 18.3 Å². The third-order valence-electron chi connectivity index (χ3n) is 2.92. The second-order valence-electron chi connectivity index (χ2n) is 4.79. The molecule has 0 atom stereocenters. The fraction of sp³-hybridized carbons (Fsp3) is 0.0588. The summed E-state index contributed by atoms with van der Waals surface area (Å²) >= 11 is 7.37. The standard InChI is InChI=1S/C17H14ClN3OS/c1-12-11-23-17(20-12)21-19-10-13-2-6-15(7-3-13)22-16-8-4-14(18)5-9-16/h2-11H,1H3,(H,20,21). The zero-order valence-corrected chi connectivity index (χ0v) is 13.9. The second-order valence-corrected chi connectivity index (χ2v) is 6.08. The smallest absolute Gasteiger partial charge is 0.203 e. The number of anilines is 1. The van der Waals surface area contributed by atoms with Crippen LogP contribution in [-0.2, 0) is 0 Å². The van der Waals surface area contributed by atoms with E-state index in [0.29, 0.717) is 5.02 Å². The van der Waals surface area contributed by atoms with Crippen LogP contribution in [0, 0.1) is 6.92 Å². The summed E-state index contributed by atoms with van der Waals surface area (Å²) < 4.78 is 5.74. The quantitative estimate of drug-likeness (QED) is 0.502. The van der Waals surface area contributed by atoms with Gasteiger partial charge in [-0.05, 0) is 61.0 Å². The van der Waals surface area contributed by atoms with Gasteiger partial charge in [-0.2, -0.15) is 5.10 Å². The number of hydrogen-bond acceptors (Lipinski definition) is 5. The Balaban J connectivity index is 1.59. The van der Waals surface area contributed by atoms with Crippen LogP contribution in [0.15, 0.2) is 59.0 Å². The lowest BCUT2D eigenvalue weighted by Gasteiger charge is -2.05. The number of aromatic nitrogens is 1. The molecule has 2 aromatic carbocycles. The molecular formula is C17H14ClN3OS. The van der Waals surface area contributed by atoms with Crippen molar-refractivity contribution in [3.05, 3.63) is 70.2 Å². The van der Waals surface area contributed by atoms with Gasteiger partial charge in [0.05, 0.1) is 11.9 Å². The summed E-state index contributed by atoms with van der Waals surface area (Å²) in [7, 11) is 0. The molecule has 0 bridgehead atoms. The average Bonchev–Trinajstić information content (AvgIpc) is 2.97. The van der Waals surface area contributed by atoms with Crippen molar-refractivity contribution in [3.8, 4) is 11.5 Å². The van der Waals surface area contributed by atoms with Gasteiger partial charge < -0.3 is 4.74 Å². The molecule has 3 aromatic rings. The first-order valence-corrected chi connectivity index (χ1v) is 8.19. The molecule has 23 heavy (non-hydrogen) atoms. The van der Waals surface area contributed by atoms with E-state index >= 15 is 0 Å². The molecule has 0 unspecified atom stereocenters. The van der Waals surface area contributed by atoms with Crippen LogP contribution >= 0.6 is 22.9 Å². The van der Waals surface area contributed by atoms with Crippen LogP contribution < -0.4 is 10.2 Å². The number of aryl methyl sites for hydroxylation is 1. The predicted molar refractivity (Wildman–Crippen MR) is 96.0 cm³/mol. The van der Waals surface area contributed by atoms with Gasteiger partial charge in [-0.25, -0.2) is 4.98 Å². The Morgan fingerprint density at radius 3 is 2.35 bits per heavy atom. The highest BCUT2D eigenvalue weighted by molar-refractivity contribution is 7.13. The van der Waals surface area contributed by atoms with Gasteiger partial charge in [0, 0.05) is 10.4 Å². The lowest BCUT2D eigenvalue weighted by Crippen LogP contribution is -1.90. The summed E-state index contributed by atoms with van der Waals surface area (Å²) in [6.07, 6.45) is 1.74. The first kappa shape index (κ1) is 15.5. The molecule has 116 valence electrons. The predicted octanol–water partition coefficient (Wildman–Crippen LogP) is 5.34. The van der Waals surface area contributed by atoms with Crippen LogP contribution in [0.4, 0.5) is 5.13 Å². The van der Waals surface area contributed by atoms with Crippen molar-refractivity contribution in [1.29, 1.82) is 0 Å². The van der Waals surface area contributed by atoms with Crippen molar-refractivity contribution in [3.63, 3.8) is 0 Å². The van der Waals surface area contributed by atoms with Gasteiger partial charge >= 0.3 is 0 Å².